The van der Waals surface area contributed by atoms with Crippen molar-refractivity contribution in [1.29, 1.82) is 0 Å². The van der Waals surface area contributed by atoms with Gasteiger partial charge in [0, 0.05) is 18.3 Å². The number of aromatic nitrogens is 1. The number of nitrogens with zero attached hydrogens (tertiary/aromatic N) is 1. The van der Waals surface area contributed by atoms with E-state index in [1.807, 2.05) is 48.9 Å². The van der Waals surface area contributed by atoms with Crippen LogP contribution in [-0.4, -0.2) is 43.8 Å². The maximum atomic E-state index is 12.7. The van der Waals surface area contributed by atoms with Crippen molar-refractivity contribution in [2.24, 2.45) is 0 Å². The van der Waals surface area contributed by atoms with Crippen LogP contribution in [0.25, 0.3) is 0 Å². The number of carbonyl (C=O) groups excluding carboxylic acids is 3. The molecule has 0 atom stereocenters. The van der Waals surface area contributed by atoms with E-state index in [9.17, 15) is 22.8 Å². The number of amides is 2. The van der Waals surface area contributed by atoms with Crippen LogP contribution in [0.4, 0.5) is 0 Å². The molecule has 0 fully saturated rings. The fourth-order valence-corrected chi connectivity index (χ4v) is 4.83. The molecule has 0 saturated heterocycles. The van der Waals surface area contributed by atoms with Gasteiger partial charge in [-0.2, -0.15) is 0 Å². The van der Waals surface area contributed by atoms with Gasteiger partial charge in [-0.3, -0.25) is 9.59 Å². The Bertz CT molecular complexity index is 1350. The van der Waals surface area contributed by atoms with Gasteiger partial charge in [-0.15, -0.1) is 0 Å². The summed E-state index contributed by atoms with van der Waals surface area (Å²) < 4.78 is 32.9. The number of hydrogen-bond donors (Lipinski definition) is 2. The lowest BCUT2D eigenvalue weighted by molar-refractivity contribution is 0.0251. The maximum absolute atomic E-state index is 12.7. The van der Waals surface area contributed by atoms with Crippen LogP contribution in [0.5, 0.6) is 0 Å². The van der Waals surface area contributed by atoms with Gasteiger partial charge in [0.05, 0.1) is 10.5 Å². The molecule has 10 heteroatoms. The van der Waals surface area contributed by atoms with Crippen molar-refractivity contribution < 1.29 is 27.5 Å². The van der Waals surface area contributed by atoms with E-state index in [1.165, 1.54) is 36.4 Å². The van der Waals surface area contributed by atoms with Crippen LogP contribution >= 0.6 is 0 Å². The van der Waals surface area contributed by atoms with Crippen molar-refractivity contribution in [3.8, 4) is 0 Å². The molecule has 0 bridgehead atoms. The molecule has 0 radical (unpaired) electrons. The van der Waals surface area contributed by atoms with Gasteiger partial charge in [0.25, 0.3) is 21.8 Å². The first-order valence-electron chi connectivity index (χ1n) is 12.9. The zero-order valence-corrected chi connectivity index (χ0v) is 22.9. The second kappa shape index (κ2) is 14.2. The molecule has 0 unspecified atom stereocenters. The van der Waals surface area contributed by atoms with E-state index < -0.39 is 21.9 Å². The van der Waals surface area contributed by atoms with Crippen LogP contribution in [-0.2, 0) is 21.2 Å². The first-order chi connectivity index (χ1) is 18.7. The van der Waals surface area contributed by atoms with Crippen molar-refractivity contribution in [3.63, 3.8) is 0 Å². The lowest BCUT2D eigenvalue weighted by Gasteiger charge is -2.16. The maximum Gasteiger partial charge on any atom is 0.357 e. The minimum Gasteiger partial charge on any atom is -0.458 e. The highest BCUT2D eigenvalue weighted by Crippen LogP contribution is 2.14. The van der Waals surface area contributed by atoms with Gasteiger partial charge in [0.15, 0.2) is 0 Å². The highest BCUT2D eigenvalue weighted by Gasteiger charge is 2.21. The number of nitrogens with one attached hydrogen (secondary N) is 2. The number of rotatable bonds is 13. The van der Waals surface area contributed by atoms with Crippen LogP contribution in [0.1, 0.15) is 76.3 Å². The summed E-state index contributed by atoms with van der Waals surface area (Å²) in [5.41, 5.74) is 1.37. The van der Waals surface area contributed by atoms with Gasteiger partial charge in [0.2, 0.25) is 0 Å². The van der Waals surface area contributed by atoms with Crippen molar-refractivity contribution in [2.75, 3.05) is 6.54 Å². The smallest absolute Gasteiger partial charge is 0.357 e. The Morgan fingerprint density at radius 3 is 2.08 bits per heavy atom. The summed E-state index contributed by atoms with van der Waals surface area (Å²) in [7, 11) is -4.21. The fraction of sp³-hybridized carbons (Fsp3) is 0.310. The first-order valence-corrected chi connectivity index (χ1v) is 14.4. The lowest BCUT2D eigenvalue weighted by atomic mass is 10.1. The lowest BCUT2D eigenvalue weighted by Crippen LogP contribution is -2.31. The van der Waals surface area contributed by atoms with Crippen LogP contribution in [0.3, 0.4) is 0 Å². The minimum atomic E-state index is -4.21. The van der Waals surface area contributed by atoms with E-state index in [4.69, 9.17) is 4.74 Å². The third-order valence-corrected chi connectivity index (χ3v) is 7.27. The monoisotopic (exact) mass is 551 g/mol. The van der Waals surface area contributed by atoms with Gasteiger partial charge >= 0.3 is 5.97 Å². The molecule has 2 amide bonds. The molecule has 2 N–H and O–H groups in total. The topological polar surface area (TPSA) is 132 Å². The number of ether oxygens (including phenoxy) is 1. The van der Waals surface area contributed by atoms with E-state index in [0.717, 1.165) is 37.4 Å². The molecule has 0 saturated carbocycles. The van der Waals surface area contributed by atoms with E-state index in [-0.39, 0.29) is 28.2 Å². The summed E-state index contributed by atoms with van der Waals surface area (Å²) >= 11 is 0. The number of hydrogen-bond acceptors (Lipinski definition) is 7. The Morgan fingerprint density at radius 1 is 0.846 bits per heavy atom. The molecule has 2 aromatic carbocycles. The Morgan fingerprint density at radius 2 is 1.49 bits per heavy atom. The second-order valence-corrected chi connectivity index (χ2v) is 10.7. The van der Waals surface area contributed by atoms with E-state index in [2.05, 4.69) is 10.3 Å². The summed E-state index contributed by atoms with van der Waals surface area (Å²) in [4.78, 5) is 41.1. The van der Waals surface area contributed by atoms with Gasteiger partial charge in [0.1, 0.15) is 11.8 Å². The van der Waals surface area contributed by atoms with Gasteiger partial charge in [-0.05, 0) is 61.2 Å². The molecule has 0 aliphatic heterocycles. The highest BCUT2D eigenvalue weighted by molar-refractivity contribution is 7.90. The van der Waals surface area contributed by atoms with E-state index >= 15 is 0 Å². The fourth-order valence-electron chi connectivity index (χ4n) is 3.86. The van der Waals surface area contributed by atoms with Crippen LogP contribution in [0, 0.1) is 0 Å². The molecule has 1 aromatic heterocycles. The molecule has 0 spiro atoms. The van der Waals surface area contributed by atoms with Gasteiger partial charge in [-0.1, -0.05) is 57.0 Å². The molecule has 206 valence electrons. The summed E-state index contributed by atoms with van der Waals surface area (Å²) in [5, 5.41) is 2.80. The molecule has 0 aliphatic rings. The molecular formula is C29H33N3O6S. The summed E-state index contributed by atoms with van der Waals surface area (Å²) in [6.07, 6.45) is 4.84. The number of benzene rings is 2. The average molecular weight is 552 g/mol. The van der Waals surface area contributed by atoms with Crippen LogP contribution in [0.15, 0.2) is 77.8 Å². The Balaban J connectivity index is 1.56. The molecule has 0 aliphatic carbocycles. The van der Waals surface area contributed by atoms with Crippen molar-refractivity contribution in [3.05, 3.63) is 95.3 Å². The predicted molar refractivity (Wildman–Crippen MR) is 147 cm³/mol. The molecule has 9 nitrogen and oxygen atoms in total. The summed E-state index contributed by atoms with van der Waals surface area (Å²) in [5.74, 6) is -1.83. The number of pyridine rings is 1. The Labute approximate surface area is 229 Å². The quantitative estimate of drug-likeness (QED) is 0.303. The molecule has 1 heterocycles. The standard InChI is InChI=1S/C29H33N3O6S/c1-3-8-24(9-4-2)38-29(35)26-17-14-23(20-31-26)28(34)32-39(36,37)25-15-12-22(13-16-25)27(33)30-19-18-21-10-6-5-7-11-21/h5-7,10-17,20,24H,3-4,8-9,18-19H2,1-2H3,(H,30,33)(H,32,34). The van der Waals surface area contributed by atoms with Crippen molar-refractivity contribution in [2.45, 2.75) is 57.0 Å². The van der Waals surface area contributed by atoms with Gasteiger partial charge in [-0.25, -0.2) is 22.9 Å². The first kappa shape index (κ1) is 29.5. The van der Waals surface area contributed by atoms with Crippen LogP contribution < -0.4 is 10.0 Å². The van der Waals surface area contributed by atoms with Crippen molar-refractivity contribution in [1.82, 2.24) is 15.0 Å². The zero-order valence-electron chi connectivity index (χ0n) is 22.1. The zero-order chi connectivity index (χ0) is 28.3. The summed E-state index contributed by atoms with van der Waals surface area (Å²) in [6.45, 7) is 4.45. The summed E-state index contributed by atoms with van der Waals surface area (Å²) in [6, 6.07) is 17.6. The predicted octanol–water partition coefficient (Wildman–Crippen LogP) is 4.30. The Kier molecular flexibility index (Phi) is 10.7. The molecule has 3 rings (SSSR count). The third kappa shape index (κ3) is 8.75. The van der Waals surface area contributed by atoms with Gasteiger partial charge < -0.3 is 10.1 Å². The molecule has 3 aromatic rings. The largest absolute Gasteiger partial charge is 0.458 e. The number of esters is 1. The van der Waals surface area contributed by atoms with E-state index in [0.29, 0.717) is 18.5 Å². The number of sulfonamides is 1. The average Bonchev–Trinajstić information content (AvgIpc) is 2.93. The van der Waals surface area contributed by atoms with Crippen LogP contribution in [0.2, 0.25) is 0 Å². The SMILES string of the molecule is CCCC(CCC)OC(=O)c1ccc(C(=O)NS(=O)(=O)c2ccc(C(=O)NCCc3ccccc3)cc2)cn1. The normalized spacial score (nSPS) is 11.2. The van der Waals surface area contributed by atoms with E-state index in [1.54, 1.807) is 0 Å². The highest BCUT2D eigenvalue weighted by atomic mass is 32.2. The van der Waals surface area contributed by atoms with Crippen molar-refractivity contribution >= 4 is 27.8 Å². The minimum absolute atomic E-state index is 0.0317. The molecule has 39 heavy (non-hydrogen) atoms. The third-order valence-electron chi connectivity index (χ3n) is 5.93. The molecular weight excluding hydrogens is 518 g/mol. The Hall–Kier alpha value is -4.05. The number of carbonyl (C=O) groups is 3. The second-order valence-electron chi connectivity index (χ2n) is 8.99.